The van der Waals surface area contributed by atoms with Crippen molar-refractivity contribution in [3.63, 3.8) is 0 Å². The number of rotatable bonds is 11. The summed E-state index contributed by atoms with van der Waals surface area (Å²) in [6, 6.07) is 18.8. The van der Waals surface area contributed by atoms with E-state index in [0.29, 0.717) is 11.4 Å². The molecule has 0 heterocycles. The number of phenolic OH excluding ortho intramolecular Hbond substituents is 4. The van der Waals surface area contributed by atoms with Gasteiger partial charge in [-0.3, -0.25) is 10.1 Å². The number of non-ortho nitro benzene ring substituents is 1. The Labute approximate surface area is 283 Å². The summed E-state index contributed by atoms with van der Waals surface area (Å²) in [5, 5.41) is 66.1. The van der Waals surface area contributed by atoms with Crippen LogP contribution in [0.5, 0.6) is 23.0 Å². The van der Waals surface area contributed by atoms with Gasteiger partial charge >= 0.3 is 0 Å². The minimum Gasteiger partial charge on any atom is -0.506 e. The van der Waals surface area contributed by atoms with Gasteiger partial charge < -0.3 is 30.2 Å². The number of aryl methyl sites for hydroxylation is 1. The Morgan fingerprint density at radius 3 is 1.38 bits per heavy atom. The molecule has 0 aromatic heterocycles. The zero-order valence-corrected chi connectivity index (χ0v) is 27.8. The van der Waals surface area contributed by atoms with E-state index in [0.717, 1.165) is 49.2 Å². The third-order valence-corrected chi connectivity index (χ3v) is 7.01. The Bertz CT molecular complexity index is 1710. The fourth-order valence-electron chi connectivity index (χ4n) is 4.40. The summed E-state index contributed by atoms with van der Waals surface area (Å²) in [5.41, 5.74) is 3.49. The first-order valence-corrected chi connectivity index (χ1v) is 14.8. The number of phenols is 4. The molecule has 0 aliphatic heterocycles. The molecule has 4 rings (SSSR count). The van der Waals surface area contributed by atoms with Crippen molar-refractivity contribution in [2.45, 2.75) is 34.6 Å². The summed E-state index contributed by atoms with van der Waals surface area (Å²) >= 11 is 0. The Morgan fingerprint density at radius 2 is 0.979 bits per heavy atom. The van der Waals surface area contributed by atoms with Gasteiger partial charge in [-0.15, -0.1) is 20.5 Å². The van der Waals surface area contributed by atoms with Gasteiger partial charge in [-0.1, -0.05) is 6.07 Å². The van der Waals surface area contributed by atoms with Crippen LogP contribution in [-0.2, 0) is 16.5 Å². The van der Waals surface area contributed by atoms with E-state index in [2.05, 4.69) is 44.1 Å². The molecule has 14 heteroatoms. The zero-order chi connectivity index (χ0) is 33.8. The van der Waals surface area contributed by atoms with Crippen molar-refractivity contribution in [3.8, 4) is 23.0 Å². The molecule has 0 amide bonds. The van der Waals surface area contributed by atoms with Crippen LogP contribution < -0.4 is 9.80 Å². The number of nitro groups is 1. The van der Waals surface area contributed by atoms with Crippen molar-refractivity contribution in [3.05, 3.63) is 88.5 Å². The molecule has 0 bridgehead atoms. The largest absolute Gasteiger partial charge is 0.506 e. The van der Waals surface area contributed by atoms with Gasteiger partial charge in [0.1, 0.15) is 45.7 Å². The quantitative estimate of drug-likeness (QED) is 0.0522. The molecule has 0 spiro atoms. The van der Waals surface area contributed by atoms with Crippen LogP contribution in [0.4, 0.5) is 39.8 Å². The van der Waals surface area contributed by atoms with E-state index in [1.165, 1.54) is 12.1 Å². The number of nitro benzene ring substituents is 1. The van der Waals surface area contributed by atoms with E-state index in [1.807, 2.05) is 26.8 Å². The first kappa shape index (κ1) is 38.0. The van der Waals surface area contributed by atoms with Crippen molar-refractivity contribution < 1.29 is 41.8 Å². The summed E-state index contributed by atoms with van der Waals surface area (Å²) in [6.45, 7) is 13.4. The van der Waals surface area contributed by atoms with Gasteiger partial charge in [-0.2, -0.15) is 0 Å². The second-order valence-electron chi connectivity index (χ2n) is 10.0. The molecular formula is C33H39N7NiO6. The van der Waals surface area contributed by atoms with Crippen molar-refractivity contribution in [2.75, 3.05) is 36.0 Å². The maximum Gasteiger partial charge on any atom is 0.271 e. The molecule has 0 radical (unpaired) electrons. The Balaban J connectivity index is 0.000000321. The average molecular weight is 688 g/mol. The molecule has 47 heavy (non-hydrogen) atoms. The van der Waals surface area contributed by atoms with Crippen LogP contribution in [0.3, 0.4) is 0 Å². The number of benzene rings is 4. The number of aromatic hydroxyl groups is 4. The van der Waals surface area contributed by atoms with Gasteiger partial charge in [0.2, 0.25) is 0 Å². The average Bonchev–Trinajstić information content (AvgIpc) is 3.04. The number of anilines is 2. The van der Waals surface area contributed by atoms with Crippen LogP contribution in [0.1, 0.15) is 33.3 Å². The fraction of sp³-hybridized carbons (Fsp3) is 0.273. The molecular weight excluding hydrogens is 649 g/mol. The van der Waals surface area contributed by atoms with Crippen molar-refractivity contribution in [2.24, 2.45) is 20.5 Å². The summed E-state index contributed by atoms with van der Waals surface area (Å²) in [7, 11) is 0. The molecule has 13 nitrogen and oxygen atoms in total. The summed E-state index contributed by atoms with van der Waals surface area (Å²) in [5.74, 6) is -0.162. The zero-order valence-electron chi connectivity index (χ0n) is 26.8. The Kier molecular flexibility index (Phi) is 14.6. The molecule has 0 aliphatic carbocycles. The number of hydrogen-bond acceptors (Lipinski definition) is 12. The Morgan fingerprint density at radius 1 is 0.574 bits per heavy atom. The molecule has 4 aromatic carbocycles. The topological polar surface area (TPSA) is 180 Å². The smallest absolute Gasteiger partial charge is 0.271 e. The molecule has 0 aliphatic rings. The van der Waals surface area contributed by atoms with E-state index in [-0.39, 0.29) is 56.6 Å². The standard InChI is InChI=1S/C17H21N3O2.C16H18N4O4.Ni/c1-4-20(5-2)13-7-8-14(17(22)11-13)18-19-15-10-12(3)6-9-16(15)21;1-3-19(4-2)11-5-7-13(16(22)10-11)17-18-14-9-12(20(23)24)6-8-15(14)21;/h6-11,21-22H,4-5H2,1-3H3;5-10,21-22H,3-4H2,1-2H3;. The minimum absolute atomic E-state index is 0. The molecule has 0 fully saturated rings. The molecule has 0 atom stereocenters. The predicted octanol–water partition coefficient (Wildman–Crippen LogP) is 8.93. The van der Waals surface area contributed by atoms with E-state index >= 15 is 0 Å². The molecule has 0 saturated carbocycles. The van der Waals surface area contributed by atoms with Gasteiger partial charge in [-0.25, -0.2) is 0 Å². The minimum atomic E-state index is -0.588. The molecule has 4 N–H and O–H groups in total. The second kappa shape index (κ2) is 18.1. The van der Waals surface area contributed by atoms with Gasteiger partial charge in [0.15, 0.2) is 0 Å². The van der Waals surface area contributed by atoms with Gasteiger partial charge in [0, 0.05) is 78.3 Å². The van der Waals surface area contributed by atoms with E-state index in [4.69, 9.17) is 0 Å². The van der Waals surface area contributed by atoms with E-state index in [9.17, 15) is 30.5 Å². The summed E-state index contributed by atoms with van der Waals surface area (Å²) in [4.78, 5) is 14.4. The number of nitrogens with zero attached hydrogens (tertiary/aromatic N) is 7. The summed E-state index contributed by atoms with van der Waals surface area (Å²) < 4.78 is 0. The molecule has 0 unspecified atom stereocenters. The first-order valence-electron chi connectivity index (χ1n) is 14.8. The van der Waals surface area contributed by atoms with Crippen LogP contribution in [0.2, 0.25) is 0 Å². The van der Waals surface area contributed by atoms with Crippen molar-refractivity contribution in [1.82, 2.24) is 0 Å². The van der Waals surface area contributed by atoms with Crippen LogP contribution >= 0.6 is 0 Å². The van der Waals surface area contributed by atoms with E-state index in [1.54, 1.807) is 48.5 Å². The molecule has 252 valence electrons. The molecule has 4 aromatic rings. The SMILES string of the molecule is CCN(CC)c1ccc(N=Nc2cc(C)ccc2O)c(O)c1.CCN(CC)c1ccc(N=Nc2cc([N+](=O)[O-])ccc2O)c(O)c1.[Ni]. The number of azo groups is 2. The van der Waals surface area contributed by atoms with Gasteiger partial charge in [0.05, 0.1) is 4.92 Å². The van der Waals surface area contributed by atoms with Crippen LogP contribution in [-0.4, -0.2) is 51.5 Å². The van der Waals surface area contributed by atoms with Gasteiger partial charge in [-0.05, 0) is 82.6 Å². The predicted molar refractivity (Wildman–Crippen MR) is 179 cm³/mol. The summed E-state index contributed by atoms with van der Waals surface area (Å²) in [6.07, 6.45) is 0. The van der Waals surface area contributed by atoms with Crippen molar-refractivity contribution in [1.29, 1.82) is 0 Å². The maximum absolute atomic E-state index is 10.8. The third-order valence-electron chi connectivity index (χ3n) is 7.01. The monoisotopic (exact) mass is 687 g/mol. The van der Waals surface area contributed by atoms with E-state index < -0.39 is 4.92 Å². The third kappa shape index (κ3) is 10.4. The van der Waals surface area contributed by atoms with Crippen LogP contribution in [0, 0.1) is 17.0 Å². The normalized spacial score (nSPS) is 10.7. The van der Waals surface area contributed by atoms with Crippen LogP contribution in [0.25, 0.3) is 0 Å². The van der Waals surface area contributed by atoms with Gasteiger partial charge in [0.25, 0.3) is 5.69 Å². The Hall–Kier alpha value is -5.23. The fourth-order valence-corrected chi connectivity index (χ4v) is 4.40. The first-order chi connectivity index (χ1) is 22.0. The molecule has 0 saturated heterocycles. The van der Waals surface area contributed by atoms with Crippen molar-refractivity contribution >= 4 is 39.8 Å². The second-order valence-corrected chi connectivity index (χ2v) is 10.0. The number of hydrogen-bond donors (Lipinski definition) is 4. The maximum atomic E-state index is 10.8. The van der Waals surface area contributed by atoms with Crippen LogP contribution in [0.15, 0.2) is 93.3 Å².